The van der Waals surface area contributed by atoms with Crippen LogP contribution in [0, 0.1) is 11.8 Å². The summed E-state index contributed by atoms with van der Waals surface area (Å²) in [6.45, 7) is -1.68. The van der Waals surface area contributed by atoms with Crippen molar-refractivity contribution in [2.45, 2.75) is 19.0 Å². The predicted octanol–water partition coefficient (Wildman–Crippen LogP) is 1.76. The number of alkyl halides is 3. The molecule has 2 atom stereocenters. The monoisotopic (exact) mass is 252 g/mol. The lowest BCUT2D eigenvalue weighted by atomic mass is 9.83. The van der Waals surface area contributed by atoms with Crippen LogP contribution in [-0.2, 0) is 14.3 Å². The van der Waals surface area contributed by atoms with E-state index in [1.54, 1.807) is 12.2 Å². The highest BCUT2D eigenvalue weighted by atomic mass is 19.4. The van der Waals surface area contributed by atoms with Gasteiger partial charge in [-0.15, -0.1) is 0 Å². The number of carboxylic acid groups (broad SMARTS) is 1. The molecular weight excluding hydrogens is 241 g/mol. The molecule has 0 fully saturated rings. The van der Waals surface area contributed by atoms with E-state index in [2.05, 4.69) is 4.74 Å². The fraction of sp³-hybridized carbons (Fsp3) is 0.600. The van der Waals surface area contributed by atoms with E-state index in [1.165, 1.54) is 0 Å². The summed E-state index contributed by atoms with van der Waals surface area (Å²) < 4.78 is 39.6. The van der Waals surface area contributed by atoms with Gasteiger partial charge in [0, 0.05) is 0 Å². The Morgan fingerprint density at radius 3 is 2.24 bits per heavy atom. The van der Waals surface area contributed by atoms with Crippen molar-refractivity contribution < 1.29 is 32.6 Å². The zero-order chi connectivity index (χ0) is 13.1. The molecule has 0 saturated heterocycles. The van der Waals surface area contributed by atoms with Gasteiger partial charge in [0.2, 0.25) is 0 Å². The van der Waals surface area contributed by atoms with Crippen LogP contribution >= 0.6 is 0 Å². The summed E-state index contributed by atoms with van der Waals surface area (Å²) in [5.41, 5.74) is 0. The van der Waals surface area contributed by atoms with Crippen LogP contribution in [0.5, 0.6) is 0 Å². The van der Waals surface area contributed by atoms with Crippen molar-refractivity contribution >= 4 is 11.9 Å². The van der Waals surface area contributed by atoms with Crippen molar-refractivity contribution in [3.63, 3.8) is 0 Å². The minimum absolute atomic E-state index is 0.0909. The number of aliphatic carboxylic acids is 1. The molecule has 0 amide bonds. The lowest BCUT2D eigenvalue weighted by molar-refractivity contribution is -0.191. The number of carbonyl (C=O) groups excluding carboxylic acids is 1. The number of carboxylic acids is 1. The van der Waals surface area contributed by atoms with Gasteiger partial charge in [-0.3, -0.25) is 9.59 Å². The van der Waals surface area contributed by atoms with Crippen LogP contribution in [0.4, 0.5) is 13.2 Å². The number of carbonyl (C=O) groups is 2. The van der Waals surface area contributed by atoms with E-state index in [-0.39, 0.29) is 12.8 Å². The Balaban J connectivity index is 2.60. The van der Waals surface area contributed by atoms with E-state index in [0.717, 1.165) is 0 Å². The summed E-state index contributed by atoms with van der Waals surface area (Å²) in [5, 5.41) is 8.82. The van der Waals surface area contributed by atoms with Crippen LogP contribution in [0.2, 0.25) is 0 Å². The third kappa shape index (κ3) is 4.08. The fourth-order valence-corrected chi connectivity index (χ4v) is 1.61. The Hall–Kier alpha value is -1.53. The Bertz CT molecular complexity index is 335. The molecular formula is C10H11F3O4. The Kier molecular flexibility index (Phi) is 4.14. The van der Waals surface area contributed by atoms with Crippen molar-refractivity contribution in [3.05, 3.63) is 12.2 Å². The van der Waals surface area contributed by atoms with E-state index in [0.29, 0.717) is 0 Å². The number of hydrogen-bond donors (Lipinski definition) is 1. The lowest BCUT2D eigenvalue weighted by Gasteiger charge is -2.23. The predicted molar refractivity (Wildman–Crippen MR) is 50.0 cm³/mol. The van der Waals surface area contributed by atoms with Gasteiger partial charge in [-0.2, -0.15) is 13.2 Å². The molecule has 0 bridgehead atoms. The normalized spacial score (nSPS) is 24.4. The number of halogens is 3. The first-order valence-corrected chi connectivity index (χ1v) is 4.92. The summed E-state index contributed by atoms with van der Waals surface area (Å²) in [6.07, 6.45) is -1.22. The van der Waals surface area contributed by atoms with E-state index >= 15 is 0 Å². The molecule has 0 aliphatic heterocycles. The third-order valence-electron chi connectivity index (χ3n) is 2.43. The fourth-order valence-electron chi connectivity index (χ4n) is 1.61. The molecule has 4 nitrogen and oxygen atoms in total. The zero-order valence-corrected chi connectivity index (χ0v) is 8.74. The SMILES string of the molecule is O=C(O)C1CC=CCC1C(=O)OCC(F)(F)F. The van der Waals surface area contributed by atoms with Crippen LogP contribution in [0.15, 0.2) is 12.2 Å². The molecule has 0 aromatic rings. The number of allylic oxidation sites excluding steroid dienone is 2. The molecule has 0 spiro atoms. The van der Waals surface area contributed by atoms with Gasteiger partial charge in [0.15, 0.2) is 6.61 Å². The molecule has 7 heteroatoms. The van der Waals surface area contributed by atoms with Gasteiger partial charge < -0.3 is 9.84 Å². The minimum atomic E-state index is -4.60. The molecule has 1 N–H and O–H groups in total. The molecule has 0 radical (unpaired) electrons. The molecule has 1 aliphatic carbocycles. The van der Waals surface area contributed by atoms with Crippen molar-refractivity contribution in [3.8, 4) is 0 Å². The number of ether oxygens (including phenoxy) is 1. The molecule has 1 aliphatic rings. The summed E-state index contributed by atoms with van der Waals surface area (Å²) >= 11 is 0. The highest BCUT2D eigenvalue weighted by Gasteiger charge is 2.37. The summed E-state index contributed by atoms with van der Waals surface area (Å²) in [4.78, 5) is 22.1. The van der Waals surface area contributed by atoms with Crippen molar-refractivity contribution in [2.75, 3.05) is 6.61 Å². The van der Waals surface area contributed by atoms with Gasteiger partial charge in [0.1, 0.15) is 0 Å². The molecule has 1 rings (SSSR count). The molecule has 0 saturated carbocycles. The first kappa shape index (κ1) is 13.5. The average Bonchev–Trinajstić information content (AvgIpc) is 2.25. The standard InChI is InChI=1S/C10H11F3O4/c11-10(12,13)5-17-9(16)7-4-2-1-3-6(7)8(14)15/h1-2,6-7H,3-5H2,(H,14,15). The molecule has 96 valence electrons. The first-order valence-electron chi connectivity index (χ1n) is 4.92. The van der Waals surface area contributed by atoms with Gasteiger partial charge in [-0.25, -0.2) is 0 Å². The van der Waals surface area contributed by atoms with Gasteiger partial charge in [-0.1, -0.05) is 12.2 Å². The molecule has 0 aromatic heterocycles. The second kappa shape index (κ2) is 5.20. The second-order valence-electron chi connectivity index (χ2n) is 3.72. The van der Waals surface area contributed by atoms with Gasteiger partial charge in [0.05, 0.1) is 11.8 Å². The third-order valence-corrected chi connectivity index (χ3v) is 2.43. The zero-order valence-electron chi connectivity index (χ0n) is 8.74. The summed E-state index contributed by atoms with van der Waals surface area (Å²) in [7, 11) is 0. The van der Waals surface area contributed by atoms with Crippen LogP contribution in [0.3, 0.4) is 0 Å². The van der Waals surface area contributed by atoms with E-state index < -0.39 is 36.6 Å². The van der Waals surface area contributed by atoms with Crippen LogP contribution in [-0.4, -0.2) is 29.8 Å². The quantitative estimate of drug-likeness (QED) is 0.614. The van der Waals surface area contributed by atoms with Crippen molar-refractivity contribution in [1.29, 1.82) is 0 Å². The molecule has 17 heavy (non-hydrogen) atoms. The molecule has 0 aromatic carbocycles. The van der Waals surface area contributed by atoms with E-state index in [4.69, 9.17) is 5.11 Å². The van der Waals surface area contributed by atoms with E-state index in [9.17, 15) is 22.8 Å². The second-order valence-corrected chi connectivity index (χ2v) is 3.72. The Labute approximate surface area is 95.1 Å². The smallest absolute Gasteiger partial charge is 0.422 e. The highest BCUT2D eigenvalue weighted by molar-refractivity contribution is 5.81. The van der Waals surface area contributed by atoms with Crippen molar-refractivity contribution in [1.82, 2.24) is 0 Å². The number of hydrogen-bond acceptors (Lipinski definition) is 3. The number of esters is 1. The van der Waals surface area contributed by atoms with E-state index in [1.807, 2.05) is 0 Å². The summed E-state index contributed by atoms with van der Waals surface area (Å²) in [6, 6.07) is 0. The maximum absolute atomic E-state index is 11.8. The topological polar surface area (TPSA) is 63.6 Å². The molecule has 2 unspecified atom stereocenters. The van der Waals surface area contributed by atoms with Crippen LogP contribution in [0.1, 0.15) is 12.8 Å². The maximum Gasteiger partial charge on any atom is 0.422 e. The largest absolute Gasteiger partial charge is 0.481 e. The number of rotatable bonds is 3. The van der Waals surface area contributed by atoms with Gasteiger partial charge in [0.25, 0.3) is 0 Å². The lowest BCUT2D eigenvalue weighted by Crippen LogP contribution is -2.34. The Morgan fingerprint density at radius 1 is 1.24 bits per heavy atom. The van der Waals surface area contributed by atoms with Crippen LogP contribution < -0.4 is 0 Å². The first-order chi connectivity index (χ1) is 7.81. The van der Waals surface area contributed by atoms with Gasteiger partial charge >= 0.3 is 18.1 Å². The Morgan fingerprint density at radius 2 is 1.76 bits per heavy atom. The maximum atomic E-state index is 11.8. The van der Waals surface area contributed by atoms with Gasteiger partial charge in [-0.05, 0) is 12.8 Å². The highest BCUT2D eigenvalue weighted by Crippen LogP contribution is 2.27. The van der Waals surface area contributed by atoms with Crippen LogP contribution in [0.25, 0.3) is 0 Å². The average molecular weight is 252 g/mol. The van der Waals surface area contributed by atoms with Crippen molar-refractivity contribution in [2.24, 2.45) is 11.8 Å². The molecule has 0 heterocycles. The summed E-state index contributed by atoms with van der Waals surface area (Å²) in [5.74, 6) is -4.37. The minimum Gasteiger partial charge on any atom is -0.481 e.